The molecule has 11 atom stereocenters. The highest BCUT2D eigenvalue weighted by Crippen LogP contribution is 2.48. The van der Waals surface area contributed by atoms with Crippen LogP contribution in [0, 0.1) is 17.8 Å². The molecule has 0 radical (unpaired) electrons. The standard InChI is InChI=1S/C26H32O15/c1-37-24(36)12-9-39-25(41-26-23(35)22(34)20(32)15(7-27)40-26)18-11(19(31)21(33)17(12)18)8-38-16(30)5-3-10-2-4-13(28)14(29)6-10/h2-6,9,11,15,17-23,25-29,31-35H,7-8H2,1H3/t11-,15+,17+,18+,19+,20+,21+,22+,23+,25+,26-/m0/s1. The van der Waals surface area contributed by atoms with Crippen LogP contribution in [0.2, 0.25) is 0 Å². The lowest BCUT2D eigenvalue weighted by atomic mass is 9.82. The van der Waals surface area contributed by atoms with Gasteiger partial charge in [-0.3, -0.25) is 0 Å². The minimum absolute atomic E-state index is 0.140. The van der Waals surface area contributed by atoms with Crippen molar-refractivity contribution in [3.63, 3.8) is 0 Å². The normalized spacial score (nSPS) is 36.8. The van der Waals surface area contributed by atoms with Gasteiger partial charge in [0.2, 0.25) is 6.29 Å². The highest BCUT2D eigenvalue weighted by molar-refractivity contribution is 5.89. The second-order valence-corrected chi connectivity index (χ2v) is 9.86. The van der Waals surface area contributed by atoms with Gasteiger partial charge in [0, 0.05) is 23.8 Å². The Hall–Kier alpha value is -3.28. The molecule has 8 N–H and O–H groups in total. The molecule has 41 heavy (non-hydrogen) atoms. The van der Waals surface area contributed by atoms with Crippen LogP contribution in [-0.2, 0) is 33.3 Å². The number of aromatic hydroxyl groups is 2. The Morgan fingerprint density at radius 3 is 2.34 bits per heavy atom. The van der Waals surface area contributed by atoms with Crippen molar-refractivity contribution in [1.29, 1.82) is 0 Å². The van der Waals surface area contributed by atoms with E-state index >= 15 is 0 Å². The summed E-state index contributed by atoms with van der Waals surface area (Å²) in [6.07, 6.45) is -9.41. The van der Waals surface area contributed by atoms with E-state index in [9.17, 15) is 50.4 Å². The van der Waals surface area contributed by atoms with Crippen LogP contribution in [0.4, 0.5) is 0 Å². The Morgan fingerprint density at radius 2 is 1.68 bits per heavy atom. The molecule has 1 aliphatic carbocycles. The molecule has 3 aliphatic rings. The number of methoxy groups -OCH3 is 1. The number of carbonyl (C=O) groups excluding carboxylic acids is 2. The lowest BCUT2D eigenvalue weighted by Gasteiger charge is -2.43. The number of ether oxygens (including phenoxy) is 5. The van der Waals surface area contributed by atoms with E-state index in [1.54, 1.807) is 0 Å². The summed E-state index contributed by atoms with van der Waals surface area (Å²) in [6, 6.07) is 3.87. The lowest BCUT2D eigenvalue weighted by Crippen LogP contribution is -2.60. The second kappa shape index (κ2) is 12.7. The largest absolute Gasteiger partial charge is 0.504 e. The van der Waals surface area contributed by atoms with Crippen LogP contribution >= 0.6 is 0 Å². The quantitative estimate of drug-likeness (QED) is 0.0892. The van der Waals surface area contributed by atoms with Gasteiger partial charge in [-0.15, -0.1) is 0 Å². The summed E-state index contributed by atoms with van der Waals surface area (Å²) in [5.74, 6) is -5.79. The van der Waals surface area contributed by atoms with E-state index in [-0.39, 0.29) is 11.3 Å². The van der Waals surface area contributed by atoms with Gasteiger partial charge >= 0.3 is 11.9 Å². The number of aliphatic hydroxyl groups is 6. The van der Waals surface area contributed by atoms with Crippen LogP contribution in [-0.4, -0.2) is 122 Å². The van der Waals surface area contributed by atoms with Gasteiger partial charge in [0.05, 0.1) is 44.4 Å². The highest BCUT2D eigenvalue weighted by Gasteiger charge is 2.59. The van der Waals surface area contributed by atoms with E-state index in [0.29, 0.717) is 5.56 Å². The molecule has 2 heterocycles. The maximum Gasteiger partial charge on any atom is 0.337 e. The second-order valence-electron chi connectivity index (χ2n) is 9.86. The first kappa shape index (κ1) is 30.7. The molecule has 1 saturated carbocycles. The molecule has 1 aromatic rings. The predicted molar refractivity (Wildman–Crippen MR) is 132 cm³/mol. The van der Waals surface area contributed by atoms with E-state index in [4.69, 9.17) is 23.7 Å². The molecule has 0 amide bonds. The Labute approximate surface area is 233 Å². The van der Waals surface area contributed by atoms with E-state index < -0.39 is 97.9 Å². The summed E-state index contributed by atoms with van der Waals surface area (Å²) in [6.45, 7) is -1.21. The lowest BCUT2D eigenvalue weighted by molar-refractivity contribution is -0.343. The van der Waals surface area contributed by atoms with Crippen molar-refractivity contribution < 1.29 is 74.1 Å². The van der Waals surface area contributed by atoms with Gasteiger partial charge in [-0.1, -0.05) is 6.07 Å². The molecule has 15 heteroatoms. The van der Waals surface area contributed by atoms with Gasteiger partial charge in [-0.25, -0.2) is 9.59 Å². The topological polar surface area (TPSA) is 242 Å². The SMILES string of the molecule is COC(=O)C1=CO[C@H](O[C@@H]2O[C@H](CO)[C@@H](O)[C@@H](O)[C@H]2O)[C@@H]2[C@H](COC(=O)C=Cc3ccc(O)c(O)c3)[C@@H](O)[C@H](O)[C@H]12. The Balaban J connectivity index is 1.54. The minimum atomic E-state index is -1.79. The fraction of sp³-hybridized carbons (Fsp3) is 0.538. The number of phenolic OH excluding ortho intramolecular Hbond substituents is 2. The molecule has 226 valence electrons. The molecule has 1 aromatic carbocycles. The molecular formula is C26H32O15. The smallest absolute Gasteiger partial charge is 0.337 e. The van der Waals surface area contributed by atoms with Gasteiger partial charge in [-0.05, 0) is 23.8 Å². The predicted octanol–water partition coefficient (Wildman–Crippen LogP) is -2.53. The van der Waals surface area contributed by atoms with Crippen LogP contribution in [0.15, 0.2) is 36.1 Å². The number of hydrogen-bond donors (Lipinski definition) is 8. The number of benzene rings is 1. The van der Waals surface area contributed by atoms with Gasteiger partial charge in [0.1, 0.15) is 24.4 Å². The summed E-state index contributed by atoms with van der Waals surface area (Å²) in [7, 11) is 1.10. The first-order valence-electron chi connectivity index (χ1n) is 12.6. The average Bonchev–Trinajstić information content (AvgIpc) is 3.22. The molecule has 0 spiro atoms. The molecule has 2 aliphatic heterocycles. The van der Waals surface area contributed by atoms with E-state index in [1.807, 2.05) is 0 Å². The maximum atomic E-state index is 12.4. The summed E-state index contributed by atoms with van der Waals surface area (Å²) in [5.41, 5.74) is 0.230. The van der Waals surface area contributed by atoms with Crippen molar-refractivity contribution in [1.82, 2.24) is 0 Å². The monoisotopic (exact) mass is 584 g/mol. The summed E-state index contributed by atoms with van der Waals surface area (Å²) < 4.78 is 26.7. The Bertz CT molecular complexity index is 1170. The van der Waals surface area contributed by atoms with E-state index in [2.05, 4.69) is 0 Å². The number of esters is 2. The molecule has 1 saturated heterocycles. The van der Waals surface area contributed by atoms with Gasteiger partial charge in [0.15, 0.2) is 17.8 Å². The van der Waals surface area contributed by atoms with Crippen molar-refractivity contribution in [3.05, 3.63) is 41.7 Å². The zero-order valence-electron chi connectivity index (χ0n) is 21.7. The van der Waals surface area contributed by atoms with Crippen LogP contribution < -0.4 is 0 Å². The Kier molecular flexibility index (Phi) is 9.51. The molecular weight excluding hydrogens is 552 g/mol. The fourth-order valence-corrected chi connectivity index (χ4v) is 5.24. The third-order valence-corrected chi connectivity index (χ3v) is 7.44. The van der Waals surface area contributed by atoms with Gasteiger partial charge in [-0.2, -0.15) is 0 Å². The summed E-state index contributed by atoms with van der Waals surface area (Å²) in [4.78, 5) is 24.9. The molecule has 0 aromatic heterocycles. The molecule has 4 rings (SSSR count). The van der Waals surface area contributed by atoms with Gasteiger partial charge in [0.25, 0.3) is 0 Å². The first-order valence-corrected chi connectivity index (χ1v) is 12.6. The summed E-state index contributed by atoms with van der Waals surface area (Å²) >= 11 is 0. The number of phenols is 2. The fourth-order valence-electron chi connectivity index (χ4n) is 5.24. The maximum absolute atomic E-state index is 12.4. The number of aliphatic hydroxyl groups excluding tert-OH is 6. The van der Waals surface area contributed by atoms with E-state index in [0.717, 1.165) is 19.4 Å². The summed E-state index contributed by atoms with van der Waals surface area (Å²) in [5, 5.41) is 80.8. The zero-order valence-corrected chi connectivity index (χ0v) is 21.7. The first-order chi connectivity index (χ1) is 19.5. The van der Waals surface area contributed by atoms with Crippen molar-refractivity contribution in [2.24, 2.45) is 17.8 Å². The highest BCUT2D eigenvalue weighted by atomic mass is 16.8. The number of rotatable bonds is 8. The van der Waals surface area contributed by atoms with E-state index in [1.165, 1.54) is 24.3 Å². The van der Waals surface area contributed by atoms with Crippen molar-refractivity contribution in [2.75, 3.05) is 20.3 Å². The third-order valence-electron chi connectivity index (χ3n) is 7.44. The van der Waals surface area contributed by atoms with Crippen LogP contribution in [0.5, 0.6) is 11.5 Å². The van der Waals surface area contributed by atoms with Crippen LogP contribution in [0.1, 0.15) is 5.56 Å². The molecule has 0 bridgehead atoms. The molecule has 15 nitrogen and oxygen atoms in total. The number of carbonyl (C=O) groups is 2. The van der Waals surface area contributed by atoms with Crippen molar-refractivity contribution in [2.45, 2.75) is 49.2 Å². The van der Waals surface area contributed by atoms with Crippen molar-refractivity contribution in [3.8, 4) is 11.5 Å². The van der Waals surface area contributed by atoms with Gasteiger partial charge < -0.3 is 64.5 Å². The minimum Gasteiger partial charge on any atom is -0.504 e. The zero-order chi connectivity index (χ0) is 30.0. The third kappa shape index (κ3) is 6.17. The van der Waals surface area contributed by atoms with Crippen LogP contribution in [0.25, 0.3) is 6.08 Å². The van der Waals surface area contributed by atoms with Crippen LogP contribution in [0.3, 0.4) is 0 Å². The molecule has 2 fully saturated rings. The number of hydrogen-bond acceptors (Lipinski definition) is 15. The Morgan fingerprint density at radius 1 is 0.951 bits per heavy atom. The van der Waals surface area contributed by atoms with Crippen molar-refractivity contribution >= 4 is 18.0 Å². The molecule has 0 unspecified atom stereocenters. The average molecular weight is 585 g/mol. The number of fused-ring (bicyclic) bond motifs is 1.